The number of hydrogen-bond donors (Lipinski definition) is 1. The SMILES string of the molecule is CCCOc1ccc(CC(N)CC)cc1COCC1CC1. The fourth-order valence-corrected chi connectivity index (χ4v) is 2.29. The molecule has 118 valence electrons. The van der Waals surface area contributed by atoms with E-state index >= 15 is 0 Å². The zero-order chi connectivity index (χ0) is 15.1. The van der Waals surface area contributed by atoms with Gasteiger partial charge in [-0.25, -0.2) is 0 Å². The average molecular weight is 291 g/mol. The van der Waals surface area contributed by atoms with Crippen molar-refractivity contribution in [1.82, 2.24) is 0 Å². The molecule has 0 aliphatic heterocycles. The lowest BCUT2D eigenvalue weighted by Gasteiger charge is -2.15. The number of nitrogens with two attached hydrogens (primary N) is 1. The average Bonchev–Trinajstić information content (AvgIpc) is 3.30. The second-order valence-corrected chi connectivity index (χ2v) is 6.12. The maximum absolute atomic E-state index is 6.06. The third-order valence-electron chi connectivity index (χ3n) is 3.92. The minimum atomic E-state index is 0.229. The van der Waals surface area contributed by atoms with Crippen molar-refractivity contribution in [3.63, 3.8) is 0 Å². The van der Waals surface area contributed by atoms with E-state index in [2.05, 4.69) is 32.0 Å². The third kappa shape index (κ3) is 5.68. The van der Waals surface area contributed by atoms with Crippen LogP contribution in [-0.2, 0) is 17.8 Å². The summed E-state index contributed by atoms with van der Waals surface area (Å²) in [6.07, 6.45) is 5.59. The summed E-state index contributed by atoms with van der Waals surface area (Å²) < 4.78 is 11.7. The molecule has 21 heavy (non-hydrogen) atoms. The molecule has 0 amide bonds. The molecule has 0 radical (unpaired) electrons. The molecule has 2 rings (SSSR count). The smallest absolute Gasteiger partial charge is 0.124 e. The minimum absolute atomic E-state index is 0.229. The van der Waals surface area contributed by atoms with Gasteiger partial charge in [0.1, 0.15) is 5.75 Å². The molecular formula is C18H29NO2. The quantitative estimate of drug-likeness (QED) is 0.715. The molecule has 1 aromatic rings. The van der Waals surface area contributed by atoms with Crippen molar-refractivity contribution in [3.8, 4) is 5.75 Å². The van der Waals surface area contributed by atoms with Crippen molar-refractivity contribution in [2.75, 3.05) is 13.2 Å². The van der Waals surface area contributed by atoms with E-state index in [1.54, 1.807) is 0 Å². The van der Waals surface area contributed by atoms with E-state index in [9.17, 15) is 0 Å². The summed E-state index contributed by atoms with van der Waals surface area (Å²) in [6, 6.07) is 6.63. The van der Waals surface area contributed by atoms with Gasteiger partial charge in [0.25, 0.3) is 0 Å². The van der Waals surface area contributed by atoms with Crippen LogP contribution in [0.5, 0.6) is 5.75 Å². The van der Waals surface area contributed by atoms with Crippen LogP contribution in [0.1, 0.15) is 50.7 Å². The van der Waals surface area contributed by atoms with Crippen molar-refractivity contribution in [2.24, 2.45) is 11.7 Å². The van der Waals surface area contributed by atoms with Crippen molar-refractivity contribution in [1.29, 1.82) is 0 Å². The molecule has 1 atom stereocenters. The Balaban J connectivity index is 1.99. The van der Waals surface area contributed by atoms with Crippen LogP contribution in [0.4, 0.5) is 0 Å². The Morgan fingerprint density at radius 2 is 2.10 bits per heavy atom. The lowest BCUT2D eigenvalue weighted by molar-refractivity contribution is 0.109. The Kier molecular flexibility index (Phi) is 6.52. The zero-order valence-corrected chi connectivity index (χ0v) is 13.4. The highest BCUT2D eigenvalue weighted by Gasteiger charge is 2.21. The van der Waals surface area contributed by atoms with Crippen molar-refractivity contribution in [2.45, 2.75) is 58.6 Å². The van der Waals surface area contributed by atoms with Crippen molar-refractivity contribution in [3.05, 3.63) is 29.3 Å². The minimum Gasteiger partial charge on any atom is -0.493 e. The first-order chi connectivity index (χ1) is 10.2. The summed E-state index contributed by atoms with van der Waals surface area (Å²) in [4.78, 5) is 0. The van der Waals surface area contributed by atoms with Gasteiger partial charge in [0.2, 0.25) is 0 Å². The zero-order valence-electron chi connectivity index (χ0n) is 13.4. The van der Waals surface area contributed by atoms with Crippen LogP contribution in [0.3, 0.4) is 0 Å². The van der Waals surface area contributed by atoms with Gasteiger partial charge in [-0.1, -0.05) is 19.9 Å². The summed E-state index contributed by atoms with van der Waals surface area (Å²) in [5.74, 6) is 1.75. The van der Waals surface area contributed by atoms with Gasteiger partial charge in [0.15, 0.2) is 0 Å². The molecule has 0 bridgehead atoms. The number of benzene rings is 1. The molecule has 3 heteroatoms. The van der Waals surface area contributed by atoms with Crippen molar-refractivity contribution >= 4 is 0 Å². The van der Waals surface area contributed by atoms with Crippen LogP contribution in [0.2, 0.25) is 0 Å². The highest BCUT2D eigenvalue weighted by molar-refractivity contribution is 5.37. The Hall–Kier alpha value is -1.06. The van der Waals surface area contributed by atoms with Crippen LogP contribution < -0.4 is 10.5 Å². The monoisotopic (exact) mass is 291 g/mol. The molecule has 3 nitrogen and oxygen atoms in total. The van der Waals surface area contributed by atoms with Gasteiger partial charge in [0, 0.05) is 18.2 Å². The fourth-order valence-electron chi connectivity index (χ4n) is 2.29. The molecule has 2 N–H and O–H groups in total. The molecule has 0 aromatic heterocycles. The summed E-state index contributed by atoms with van der Waals surface area (Å²) in [5, 5.41) is 0. The first-order valence-corrected chi connectivity index (χ1v) is 8.30. The molecule has 1 aromatic carbocycles. The molecule has 1 saturated carbocycles. The summed E-state index contributed by atoms with van der Waals surface area (Å²) in [5.41, 5.74) is 8.49. The maximum atomic E-state index is 6.06. The Labute approximate surface area is 128 Å². The normalized spacial score (nSPS) is 16.0. The molecule has 1 aliphatic carbocycles. The van der Waals surface area contributed by atoms with E-state index in [0.29, 0.717) is 6.61 Å². The number of ether oxygens (including phenoxy) is 2. The lowest BCUT2D eigenvalue weighted by atomic mass is 10.0. The second kappa shape index (κ2) is 8.40. The Morgan fingerprint density at radius 1 is 1.29 bits per heavy atom. The standard InChI is InChI=1S/C18H29NO2/c1-3-9-21-18-8-7-15(11-17(19)4-2)10-16(18)13-20-12-14-5-6-14/h7-8,10,14,17H,3-6,9,11-13,19H2,1-2H3. The topological polar surface area (TPSA) is 44.5 Å². The molecule has 0 spiro atoms. The van der Waals surface area contributed by atoms with Gasteiger partial charge < -0.3 is 15.2 Å². The van der Waals surface area contributed by atoms with Gasteiger partial charge >= 0.3 is 0 Å². The van der Waals surface area contributed by atoms with Crippen molar-refractivity contribution < 1.29 is 9.47 Å². The van der Waals surface area contributed by atoms with E-state index in [1.807, 2.05) is 0 Å². The van der Waals surface area contributed by atoms with Crippen LogP contribution >= 0.6 is 0 Å². The highest BCUT2D eigenvalue weighted by Crippen LogP contribution is 2.30. The molecular weight excluding hydrogens is 262 g/mol. The van der Waals surface area contributed by atoms with E-state index < -0.39 is 0 Å². The third-order valence-corrected chi connectivity index (χ3v) is 3.92. The first-order valence-electron chi connectivity index (χ1n) is 8.30. The largest absolute Gasteiger partial charge is 0.493 e. The first kappa shape index (κ1) is 16.3. The van der Waals surface area contributed by atoms with E-state index in [-0.39, 0.29) is 6.04 Å². The highest BCUT2D eigenvalue weighted by atomic mass is 16.5. The van der Waals surface area contributed by atoms with Crippen LogP contribution in [0, 0.1) is 5.92 Å². The molecule has 1 aliphatic rings. The van der Waals surface area contributed by atoms with Gasteiger partial charge in [-0.2, -0.15) is 0 Å². The Bertz CT molecular complexity index is 429. The van der Waals surface area contributed by atoms with E-state index in [0.717, 1.165) is 49.7 Å². The summed E-state index contributed by atoms with van der Waals surface area (Å²) in [7, 11) is 0. The van der Waals surface area contributed by atoms with Gasteiger partial charge in [0.05, 0.1) is 13.2 Å². The van der Waals surface area contributed by atoms with E-state index in [1.165, 1.54) is 18.4 Å². The van der Waals surface area contributed by atoms with E-state index in [4.69, 9.17) is 15.2 Å². The predicted octanol–water partition coefficient (Wildman–Crippen LogP) is 3.68. The van der Waals surface area contributed by atoms with Gasteiger partial charge in [-0.3, -0.25) is 0 Å². The molecule has 0 heterocycles. The Morgan fingerprint density at radius 3 is 2.76 bits per heavy atom. The maximum Gasteiger partial charge on any atom is 0.124 e. The molecule has 0 saturated heterocycles. The van der Waals surface area contributed by atoms with Crippen LogP contribution in [-0.4, -0.2) is 19.3 Å². The number of hydrogen-bond acceptors (Lipinski definition) is 3. The van der Waals surface area contributed by atoms with Gasteiger partial charge in [-0.15, -0.1) is 0 Å². The molecule has 1 unspecified atom stereocenters. The van der Waals surface area contributed by atoms with Crippen LogP contribution in [0.25, 0.3) is 0 Å². The fraction of sp³-hybridized carbons (Fsp3) is 0.667. The lowest BCUT2D eigenvalue weighted by Crippen LogP contribution is -2.21. The second-order valence-electron chi connectivity index (χ2n) is 6.12. The van der Waals surface area contributed by atoms with Crippen LogP contribution in [0.15, 0.2) is 18.2 Å². The number of rotatable bonds is 10. The predicted molar refractivity (Wildman–Crippen MR) is 86.6 cm³/mol. The molecule has 1 fully saturated rings. The summed E-state index contributed by atoms with van der Waals surface area (Å²) in [6.45, 7) is 6.53. The summed E-state index contributed by atoms with van der Waals surface area (Å²) >= 11 is 0. The van der Waals surface area contributed by atoms with Gasteiger partial charge in [-0.05, 0) is 55.7 Å².